The normalized spacial score (nSPS) is 11.3. The summed E-state index contributed by atoms with van der Waals surface area (Å²) in [6.07, 6.45) is 1.11. The second-order valence-electron chi connectivity index (χ2n) is 7.55. The highest BCUT2D eigenvalue weighted by Gasteiger charge is 2.24. The molecule has 0 atom stereocenters. The summed E-state index contributed by atoms with van der Waals surface area (Å²) in [6.45, 7) is -0.339. The van der Waals surface area contributed by atoms with Crippen molar-refractivity contribution in [3.63, 3.8) is 0 Å². The molecule has 0 aliphatic heterocycles. The highest BCUT2D eigenvalue weighted by atomic mass is 32.2. The zero-order valence-corrected chi connectivity index (χ0v) is 19.6. The molecule has 0 bridgehead atoms. The van der Waals surface area contributed by atoms with Crippen molar-refractivity contribution in [2.24, 2.45) is 0 Å². The van der Waals surface area contributed by atoms with Gasteiger partial charge in [-0.05, 0) is 42.5 Å². The zero-order valence-electron chi connectivity index (χ0n) is 18.8. The van der Waals surface area contributed by atoms with Gasteiger partial charge in [0.2, 0.25) is 21.2 Å². The van der Waals surface area contributed by atoms with E-state index in [9.17, 15) is 22.4 Å². The number of nitrogens with zero attached hydrogens (tertiary/aromatic N) is 1. The van der Waals surface area contributed by atoms with Gasteiger partial charge in [-0.1, -0.05) is 18.2 Å². The Morgan fingerprint density at radius 2 is 1.69 bits per heavy atom. The zero-order chi connectivity index (χ0) is 25.2. The minimum Gasteiger partial charge on any atom is -0.493 e. The summed E-state index contributed by atoms with van der Waals surface area (Å²) in [7, 11) is -1.28. The Morgan fingerprint density at radius 1 is 0.971 bits per heavy atom. The van der Waals surface area contributed by atoms with E-state index < -0.39 is 31.9 Å². The van der Waals surface area contributed by atoms with Crippen molar-refractivity contribution in [1.82, 2.24) is 4.57 Å². The van der Waals surface area contributed by atoms with Gasteiger partial charge in [-0.2, -0.15) is 0 Å². The van der Waals surface area contributed by atoms with Gasteiger partial charge < -0.3 is 19.4 Å². The minimum atomic E-state index is -4.23. The van der Waals surface area contributed by atoms with Gasteiger partial charge in [0.25, 0.3) is 0 Å². The monoisotopic (exact) mass is 496 g/mol. The quantitative estimate of drug-likeness (QED) is 0.419. The molecular weight excluding hydrogens is 475 g/mol. The lowest BCUT2D eigenvalue weighted by molar-refractivity contribution is -0.116. The molecule has 4 rings (SSSR count). The van der Waals surface area contributed by atoms with Crippen LogP contribution in [0.2, 0.25) is 0 Å². The van der Waals surface area contributed by atoms with Crippen LogP contribution < -0.4 is 20.2 Å². The lowest BCUT2D eigenvalue weighted by Crippen LogP contribution is -2.24. The highest BCUT2D eigenvalue weighted by Crippen LogP contribution is 2.30. The number of sulfone groups is 1. The number of carbonyl (C=O) groups is 1. The molecule has 4 aromatic rings. The van der Waals surface area contributed by atoms with E-state index in [1.807, 2.05) is 0 Å². The summed E-state index contributed by atoms with van der Waals surface area (Å²) in [5.41, 5.74) is -0.216. The molecule has 10 heteroatoms. The second-order valence-corrected chi connectivity index (χ2v) is 9.46. The molecule has 35 heavy (non-hydrogen) atoms. The summed E-state index contributed by atoms with van der Waals surface area (Å²) in [5.74, 6) is -0.319. The smallest absolute Gasteiger partial charge is 0.244 e. The fourth-order valence-corrected chi connectivity index (χ4v) is 5.05. The standard InChI is InChI=1S/C25H21FN2O6S/c1-33-21-11-9-17(13-22(21)34-2)27-24(29)15-28-14-23(35(31,32)18-6-4-3-5-7-18)25(30)19-12-16(26)8-10-20(19)28/h3-14H,15H2,1-2H3,(H,27,29). The Kier molecular flexibility index (Phi) is 6.57. The molecule has 1 aromatic heterocycles. The summed E-state index contributed by atoms with van der Waals surface area (Å²) in [6, 6.07) is 15.7. The SMILES string of the molecule is COc1ccc(NC(=O)Cn2cc(S(=O)(=O)c3ccccc3)c(=O)c3cc(F)ccc32)cc1OC. The average Bonchev–Trinajstić information content (AvgIpc) is 2.86. The van der Waals surface area contributed by atoms with Gasteiger partial charge in [0.05, 0.1) is 24.6 Å². The maximum Gasteiger partial charge on any atom is 0.244 e. The number of benzene rings is 3. The molecule has 0 aliphatic rings. The molecular formula is C25H21FN2O6S. The number of carbonyl (C=O) groups excluding carboxylic acids is 1. The van der Waals surface area contributed by atoms with E-state index in [-0.39, 0.29) is 22.3 Å². The van der Waals surface area contributed by atoms with Crippen molar-refractivity contribution < 1.29 is 27.1 Å². The minimum absolute atomic E-state index is 0.0887. The van der Waals surface area contributed by atoms with Crippen LogP contribution >= 0.6 is 0 Å². The second kappa shape index (κ2) is 9.59. The first-order valence-electron chi connectivity index (χ1n) is 10.4. The molecule has 0 spiro atoms. The summed E-state index contributed by atoms with van der Waals surface area (Å²) in [5, 5.41) is 2.55. The molecule has 3 aromatic carbocycles. The Bertz CT molecular complexity index is 1580. The maximum atomic E-state index is 14.0. The molecule has 0 unspecified atom stereocenters. The predicted octanol–water partition coefficient (Wildman–Crippen LogP) is 3.63. The van der Waals surface area contributed by atoms with E-state index in [1.165, 1.54) is 49.1 Å². The van der Waals surface area contributed by atoms with E-state index in [0.717, 1.165) is 18.3 Å². The van der Waals surface area contributed by atoms with Crippen LogP contribution in [-0.4, -0.2) is 33.1 Å². The molecule has 8 nitrogen and oxygen atoms in total. The van der Waals surface area contributed by atoms with Crippen LogP contribution in [0, 0.1) is 5.82 Å². The lowest BCUT2D eigenvalue weighted by atomic mass is 10.2. The number of rotatable bonds is 7. The fourth-order valence-electron chi connectivity index (χ4n) is 3.66. The number of anilines is 1. The third kappa shape index (κ3) is 4.73. The summed E-state index contributed by atoms with van der Waals surface area (Å²) < 4.78 is 52.1. The molecule has 0 saturated carbocycles. The molecule has 0 aliphatic carbocycles. The molecule has 1 N–H and O–H groups in total. The van der Waals surface area contributed by atoms with Gasteiger partial charge in [-0.15, -0.1) is 0 Å². The van der Waals surface area contributed by atoms with Crippen LogP contribution in [0.3, 0.4) is 0 Å². The average molecular weight is 497 g/mol. The number of methoxy groups -OCH3 is 2. The van der Waals surface area contributed by atoms with E-state index in [1.54, 1.807) is 24.3 Å². The van der Waals surface area contributed by atoms with Crippen LogP contribution in [0.1, 0.15) is 0 Å². The van der Waals surface area contributed by atoms with Crippen molar-refractivity contribution in [2.45, 2.75) is 16.3 Å². The van der Waals surface area contributed by atoms with Crippen molar-refractivity contribution in [3.8, 4) is 11.5 Å². The van der Waals surface area contributed by atoms with Crippen molar-refractivity contribution in [1.29, 1.82) is 0 Å². The largest absolute Gasteiger partial charge is 0.493 e. The maximum absolute atomic E-state index is 14.0. The van der Waals surface area contributed by atoms with Gasteiger partial charge in [-0.3, -0.25) is 9.59 Å². The van der Waals surface area contributed by atoms with Gasteiger partial charge in [0.15, 0.2) is 11.5 Å². The number of hydrogen-bond donors (Lipinski definition) is 1. The molecule has 180 valence electrons. The Hall–Kier alpha value is -4.18. The number of pyridine rings is 1. The molecule has 1 heterocycles. The third-order valence-corrected chi connectivity index (χ3v) is 7.10. The van der Waals surface area contributed by atoms with Gasteiger partial charge in [0.1, 0.15) is 17.3 Å². The molecule has 0 saturated heterocycles. The van der Waals surface area contributed by atoms with Crippen LogP contribution in [0.25, 0.3) is 10.9 Å². The number of halogens is 1. The van der Waals surface area contributed by atoms with Crippen molar-refractivity contribution in [3.05, 3.63) is 89.0 Å². The van der Waals surface area contributed by atoms with Gasteiger partial charge >= 0.3 is 0 Å². The fraction of sp³-hybridized carbons (Fsp3) is 0.120. The van der Waals surface area contributed by atoms with Crippen LogP contribution in [0.4, 0.5) is 10.1 Å². The number of fused-ring (bicyclic) bond motifs is 1. The number of amides is 1. The first-order valence-corrected chi connectivity index (χ1v) is 11.9. The topological polar surface area (TPSA) is 104 Å². The van der Waals surface area contributed by atoms with E-state index in [4.69, 9.17) is 9.47 Å². The Labute approximate surface area is 200 Å². The highest BCUT2D eigenvalue weighted by molar-refractivity contribution is 7.91. The Balaban J connectivity index is 1.77. The van der Waals surface area contributed by atoms with Crippen molar-refractivity contribution >= 4 is 32.3 Å². The predicted molar refractivity (Wildman–Crippen MR) is 128 cm³/mol. The van der Waals surface area contributed by atoms with Crippen LogP contribution in [0.15, 0.2) is 87.5 Å². The third-order valence-electron chi connectivity index (χ3n) is 5.33. The molecule has 1 amide bonds. The van der Waals surface area contributed by atoms with Gasteiger partial charge in [0, 0.05) is 23.3 Å². The van der Waals surface area contributed by atoms with E-state index in [2.05, 4.69) is 5.32 Å². The number of ether oxygens (including phenoxy) is 2. The van der Waals surface area contributed by atoms with E-state index in [0.29, 0.717) is 17.2 Å². The van der Waals surface area contributed by atoms with Crippen LogP contribution in [-0.2, 0) is 21.2 Å². The number of nitrogens with one attached hydrogen (secondary N) is 1. The Morgan fingerprint density at radius 3 is 2.37 bits per heavy atom. The lowest BCUT2D eigenvalue weighted by Gasteiger charge is -2.15. The summed E-state index contributed by atoms with van der Waals surface area (Å²) >= 11 is 0. The molecule has 0 radical (unpaired) electrons. The van der Waals surface area contributed by atoms with Crippen LogP contribution in [0.5, 0.6) is 11.5 Å². The first kappa shape index (κ1) is 24.0. The number of aromatic nitrogens is 1. The van der Waals surface area contributed by atoms with Gasteiger partial charge in [-0.25, -0.2) is 12.8 Å². The van der Waals surface area contributed by atoms with E-state index >= 15 is 0 Å². The first-order chi connectivity index (χ1) is 16.7. The van der Waals surface area contributed by atoms with Crippen molar-refractivity contribution in [2.75, 3.05) is 19.5 Å². The summed E-state index contributed by atoms with van der Waals surface area (Å²) in [4.78, 5) is 25.3. The molecule has 0 fully saturated rings. The number of hydrogen-bond acceptors (Lipinski definition) is 6.